The quantitative estimate of drug-likeness (QED) is 0.614. The number of carbonyl (C=O) groups is 1. The van der Waals surface area contributed by atoms with Crippen molar-refractivity contribution in [2.45, 2.75) is 0 Å². The molecule has 0 saturated heterocycles. The Bertz CT molecular complexity index is 612. The molecule has 0 spiro atoms. The van der Waals surface area contributed by atoms with Gasteiger partial charge in [-0.2, -0.15) is 0 Å². The molecule has 0 N–H and O–H groups in total. The second kappa shape index (κ2) is 6.57. The molecular formula is C17H16O3. The van der Waals surface area contributed by atoms with Gasteiger partial charge in [-0.15, -0.1) is 0 Å². The molecule has 0 heterocycles. The van der Waals surface area contributed by atoms with Gasteiger partial charge in [-0.1, -0.05) is 18.2 Å². The zero-order valence-corrected chi connectivity index (χ0v) is 11.5. The summed E-state index contributed by atoms with van der Waals surface area (Å²) in [6, 6.07) is 14.6. The molecule has 0 unspecified atom stereocenters. The maximum atomic E-state index is 12.0. The number of ketones is 1. The molecule has 2 aromatic carbocycles. The molecule has 2 rings (SSSR count). The standard InChI is InChI=1S/C17H16O3/c1-19-15-10-7-13(8-11-15)16(18)12-9-14-5-3-4-6-17(14)20-2/h3-12H,1-2H3/b12-9+. The summed E-state index contributed by atoms with van der Waals surface area (Å²) in [4.78, 5) is 12.0. The Balaban J connectivity index is 2.15. The lowest BCUT2D eigenvalue weighted by atomic mass is 10.1. The van der Waals surface area contributed by atoms with Gasteiger partial charge in [-0.05, 0) is 42.5 Å². The predicted molar refractivity (Wildman–Crippen MR) is 79.4 cm³/mol. The fraction of sp³-hybridized carbons (Fsp3) is 0.118. The first-order valence-corrected chi connectivity index (χ1v) is 6.24. The molecule has 0 radical (unpaired) electrons. The van der Waals surface area contributed by atoms with E-state index < -0.39 is 0 Å². The molecule has 0 aromatic heterocycles. The van der Waals surface area contributed by atoms with Crippen LogP contribution < -0.4 is 9.47 Å². The largest absolute Gasteiger partial charge is 0.497 e. The molecule has 0 aliphatic rings. The van der Waals surface area contributed by atoms with Crippen LogP contribution in [0.15, 0.2) is 54.6 Å². The summed E-state index contributed by atoms with van der Waals surface area (Å²) in [5.41, 5.74) is 1.49. The summed E-state index contributed by atoms with van der Waals surface area (Å²) in [6.07, 6.45) is 3.30. The molecule has 0 amide bonds. The van der Waals surface area contributed by atoms with Crippen LogP contribution in [0.1, 0.15) is 15.9 Å². The number of hydrogen-bond donors (Lipinski definition) is 0. The van der Waals surface area contributed by atoms with Gasteiger partial charge >= 0.3 is 0 Å². The van der Waals surface area contributed by atoms with Crippen LogP contribution in [0.2, 0.25) is 0 Å². The van der Waals surface area contributed by atoms with Crippen LogP contribution >= 0.6 is 0 Å². The average Bonchev–Trinajstić information content (AvgIpc) is 2.53. The highest BCUT2D eigenvalue weighted by Gasteiger charge is 2.03. The van der Waals surface area contributed by atoms with Crippen LogP contribution in [0.4, 0.5) is 0 Å². The lowest BCUT2D eigenvalue weighted by Gasteiger charge is -2.03. The predicted octanol–water partition coefficient (Wildman–Crippen LogP) is 3.60. The Morgan fingerprint density at radius 2 is 1.65 bits per heavy atom. The molecule has 0 atom stereocenters. The van der Waals surface area contributed by atoms with Gasteiger partial charge in [-0.3, -0.25) is 4.79 Å². The Hall–Kier alpha value is -2.55. The molecule has 0 bridgehead atoms. The van der Waals surface area contributed by atoms with Crippen LogP contribution in [0, 0.1) is 0 Å². The van der Waals surface area contributed by atoms with Crippen LogP contribution in [-0.2, 0) is 0 Å². The van der Waals surface area contributed by atoms with Crippen molar-refractivity contribution in [2.24, 2.45) is 0 Å². The molecule has 102 valence electrons. The first-order valence-electron chi connectivity index (χ1n) is 6.24. The second-order valence-electron chi connectivity index (χ2n) is 4.17. The zero-order valence-electron chi connectivity index (χ0n) is 11.5. The summed E-state index contributed by atoms with van der Waals surface area (Å²) >= 11 is 0. The van der Waals surface area contributed by atoms with Gasteiger partial charge in [0.25, 0.3) is 0 Å². The minimum atomic E-state index is -0.0569. The Kier molecular flexibility index (Phi) is 4.56. The topological polar surface area (TPSA) is 35.5 Å². The number of ether oxygens (including phenoxy) is 2. The Morgan fingerprint density at radius 3 is 2.30 bits per heavy atom. The first kappa shape index (κ1) is 13.9. The number of hydrogen-bond acceptors (Lipinski definition) is 3. The van der Waals surface area contributed by atoms with Crippen molar-refractivity contribution in [2.75, 3.05) is 14.2 Å². The number of rotatable bonds is 5. The minimum Gasteiger partial charge on any atom is -0.497 e. The monoisotopic (exact) mass is 268 g/mol. The third-order valence-electron chi connectivity index (χ3n) is 2.93. The van der Waals surface area contributed by atoms with Crippen molar-refractivity contribution in [3.05, 3.63) is 65.7 Å². The third-order valence-corrected chi connectivity index (χ3v) is 2.93. The van der Waals surface area contributed by atoms with E-state index in [1.165, 1.54) is 0 Å². The van der Waals surface area contributed by atoms with E-state index in [1.807, 2.05) is 24.3 Å². The van der Waals surface area contributed by atoms with Crippen molar-refractivity contribution in [1.82, 2.24) is 0 Å². The molecule has 0 aliphatic carbocycles. The van der Waals surface area contributed by atoms with Crippen LogP contribution in [0.25, 0.3) is 6.08 Å². The lowest BCUT2D eigenvalue weighted by Crippen LogP contribution is -1.94. The van der Waals surface area contributed by atoms with E-state index in [0.717, 1.165) is 17.1 Å². The van der Waals surface area contributed by atoms with E-state index in [9.17, 15) is 4.79 Å². The van der Waals surface area contributed by atoms with Crippen LogP contribution in [0.5, 0.6) is 11.5 Å². The summed E-state index contributed by atoms with van der Waals surface area (Å²) in [6.45, 7) is 0. The summed E-state index contributed by atoms with van der Waals surface area (Å²) in [5.74, 6) is 1.42. The molecule has 0 aliphatic heterocycles. The van der Waals surface area contributed by atoms with Crippen molar-refractivity contribution in [1.29, 1.82) is 0 Å². The number of allylic oxidation sites excluding steroid dienone is 1. The molecule has 2 aromatic rings. The SMILES string of the molecule is COc1ccc(C(=O)/C=C/c2ccccc2OC)cc1. The van der Waals surface area contributed by atoms with Gasteiger partial charge in [-0.25, -0.2) is 0 Å². The molecular weight excluding hydrogens is 252 g/mol. The molecule has 3 nitrogen and oxygen atoms in total. The van der Waals surface area contributed by atoms with E-state index in [4.69, 9.17) is 9.47 Å². The van der Waals surface area contributed by atoms with E-state index in [1.54, 1.807) is 50.6 Å². The van der Waals surface area contributed by atoms with E-state index in [2.05, 4.69) is 0 Å². The fourth-order valence-electron chi connectivity index (χ4n) is 1.82. The maximum absolute atomic E-state index is 12.0. The maximum Gasteiger partial charge on any atom is 0.185 e. The molecule has 0 fully saturated rings. The van der Waals surface area contributed by atoms with Gasteiger partial charge in [0.15, 0.2) is 5.78 Å². The normalized spacial score (nSPS) is 10.5. The Morgan fingerprint density at radius 1 is 0.950 bits per heavy atom. The van der Waals surface area contributed by atoms with E-state index >= 15 is 0 Å². The highest BCUT2D eigenvalue weighted by molar-refractivity contribution is 6.07. The second-order valence-corrected chi connectivity index (χ2v) is 4.17. The number of carbonyl (C=O) groups excluding carboxylic acids is 1. The van der Waals surface area contributed by atoms with Gasteiger partial charge in [0.05, 0.1) is 14.2 Å². The van der Waals surface area contributed by atoms with E-state index in [-0.39, 0.29) is 5.78 Å². The van der Waals surface area contributed by atoms with Crippen molar-refractivity contribution < 1.29 is 14.3 Å². The highest BCUT2D eigenvalue weighted by Crippen LogP contribution is 2.19. The zero-order chi connectivity index (χ0) is 14.4. The van der Waals surface area contributed by atoms with Gasteiger partial charge in [0.1, 0.15) is 11.5 Å². The first-order chi connectivity index (χ1) is 9.74. The third kappa shape index (κ3) is 3.26. The molecule has 0 saturated carbocycles. The summed E-state index contributed by atoms with van der Waals surface area (Å²) in [7, 11) is 3.20. The fourth-order valence-corrected chi connectivity index (χ4v) is 1.82. The van der Waals surface area contributed by atoms with Crippen LogP contribution in [0.3, 0.4) is 0 Å². The Labute approximate surface area is 118 Å². The van der Waals surface area contributed by atoms with Crippen molar-refractivity contribution >= 4 is 11.9 Å². The van der Waals surface area contributed by atoms with Crippen molar-refractivity contribution in [3.63, 3.8) is 0 Å². The van der Waals surface area contributed by atoms with Crippen molar-refractivity contribution in [3.8, 4) is 11.5 Å². The summed E-state index contributed by atoms with van der Waals surface area (Å²) in [5, 5.41) is 0. The smallest absolute Gasteiger partial charge is 0.185 e. The van der Waals surface area contributed by atoms with Gasteiger partial charge in [0.2, 0.25) is 0 Å². The van der Waals surface area contributed by atoms with Gasteiger partial charge < -0.3 is 9.47 Å². The summed E-state index contributed by atoms with van der Waals surface area (Å²) < 4.78 is 10.3. The minimum absolute atomic E-state index is 0.0569. The van der Waals surface area contributed by atoms with Gasteiger partial charge in [0, 0.05) is 11.1 Å². The number of benzene rings is 2. The molecule has 20 heavy (non-hydrogen) atoms. The number of methoxy groups -OCH3 is 2. The highest BCUT2D eigenvalue weighted by atomic mass is 16.5. The number of para-hydroxylation sites is 1. The van der Waals surface area contributed by atoms with E-state index in [0.29, 0.717) is 5.56 Å². The lowest BCUT2D eigenvalue weighted by molar-refractivity contribution is 0.104. The van der Waals surface area contributed by atoms with Crippen LogP contribution in [-0.4, -0.2) is 20.0 Å². The average molecular weight is 268 g/mol. The molecule has 3 heteroatoms.